The van der Waals surface area contributed by atoms with Gasteiger partial charge in [0.05, 0.1) is 22.1 Å². The van der Waals surface area contributed by atoms with Gasteiger partial charge < -0.3 is 4.57 Å². The molecule has 294 valence electrons. The minimum Gasteiger partial charge on any atom is -0.309 e. The van der Waals surface area contributed by atoms with E-state index in [1.165, 1.54) is 55.3 Å². The second kappa shape index (κ2) is 14.8. The number of hydrogen-bond donors (Lipinski definition) is 0. The highest BCUT2D eigenvalue weighted by atomic mass is 15.1. The van der Waals surface area contributed by atoms with Crippen LogP contribution in [-0.2, 0) is 5.41 Å². The molecule has 8 aromatic carbocycles. The van der Waals surface area contributed by atoms with E-state index in [-0.39, 0.29) is 5.92 Å². The van der Waals surface area contributed by atoms with E-state index in [1.807, 2.05) is 18.2 Å². The Morgan fingerprint density at radius 1 is 0.435 bits per heavy atom. The zero-order valence-corrected chi connectivity index (χ0v) is 34.2. The molecule has 2 aliphatic carbocycles. The molecule has 2 aliphatic rings. The number of nitrogens with zero attached hydrogens (tertiary/aromatic N) is 4. The first kappa shape index (κ1) is 36.2. The largest absolute Gasteiger partial charge is 0.309 e. The van der Waals surface area contributed by atoms with Crippen LogP contribution in [-0.4, -0.2) is 19.5 Å². The molecular weight excluding hydrogens is 753 g/mol. The smallest absolute Gasteiger partial charge is 0.165 e. The lowest BCUT2D eigenvalue weighted by Crippen LogP contribution is -2.28. The zero-order valence-electron chi connectivity index (χ0n) is 34.2. The van der Waals surface area contributed by atoms with E-state index in [1.54, 1.807) is 0 Å². The van der Waals surface area contributed by atoms with Crippen molar-refractivity contribution >= 4 is 21.8 Å². The van der Waals surface area contributed by atoms with Crippen LogP contribution in [0.15, 0.2) is 212 Å². The fourth-order valence-corrected chi connectivity index (χ4v) is 10.4. The van der Waals surface area contributed by atoms with Crippen molar-refractivity contribution in [2.24, 2.45) is 0 Å². The summed E-state index contributed by atoms with van der Waals surface area (Å²) in [4.78, 5) is 15.6. The highest BCUT2D eigenvalue weighted by Gasteiger charge is 2.45. The summed E-state index contributed by atoms with van der Waals surface area (Å²) in [5, 5.41) is 2.40. The van der Waals surface area contributed by atoms with Crippen molar-refractivity contribution in [3.05, 3.63) is 240 Å². The molecule has 0 fully saturated rings. The van der Waals surface area contributed by atoms with E-state index in [4.69, 9.17) is 15.0 Å². The van der Waals surface area contributed by atoms with Crippen molar-refractivity contribution < 1.29 is 0 Å². The Balaban J connectivity index is 1.02. The Morgan fingerprint density at radius 3 is 1.82 bits per heavy atom. The standard InChI is InChI=1S/C58H42N4/c1-4-19-39(20-5-1)55-59-56(40-21-6-2-7-22-40)61-57(60-55)48-30-13-17-34-53(48)62-52-33-16-12-29-47(52)49-38-42(35-36-54(49)62)41-23-18-26-44(37-41)58(43-24-8-3-9-25-43)50-31-14-10-27-45(50)46-28-11-15-32-51(46)58/h1-6,8-20,23-38,40H,7,21-22H2. The summed E-state index contributed by atoms with van der Waals surface area (Å²) in [5.41, 5.74) is 14.9. The molecule has 0 amide bonds. The summed E-state index contributed by atoms with van der Waals surface area (Å²) >= 11 is 0. The first-order valence-electron chi connectivity index (χ1n) is 21.7. The molecule has 0 saturated heterocycles. The van der Waals surface area contributed by atoms with Gasteiger partial charge in [-0.25, -0.2) is 15.0 Å². The van der Waals surface area contributed by atoms with Crippen LogP contribution in [0.2, 0.25) is 0 Å². The summed E-state index contributed by atoms with van der Waals surface area (Å²) in [6.07, 6.45) is 7.54. The summed E-state index contributed by atoms with van der Waals surface area (Å²) in [6, 6.07) is 72.8. The molecule has 0 aliphatic heterocycles. The third-order valence-electron chi connectivity index (χ3n) is 13.2. The Hall–Kier alpha value is -7.69. The van der Waals surface area contributed by atoms with Crippen LogP contribution in [0.5, 0.6) is 0 Å². The molecule has 4 nitrogen and oxygen atoms in total. The SMILES string of the molecule is C1=CCC(c2nc(-c3ccccc3)nc(-c3ccccc3-n3c4ccccc4c4cc(-c5cccc(C6(c7ccccc7)c7ccccc7-c7ccccc76)c5)ccc43)n2)CC1. The average Bonchev–Trinajstić information content (AvgIpc) is 3.85. The minimum absolute atomic E-state index is 0.252. The van der Waals surface area contributed by atoms with E-state index < -0.39 is 5.41 Å². The Kier molecular flexibility index (Phi) is 8.63. The Labute approximate surface area is 361 Å². The monoisotopic (exact) mass is 794 g/mol. The quantitative estimate of drug-likeness (QED) is 0.151. The van der Waals surface area contributed by atoms with Gasteiger partial charge in [0.15, 0.2) is 11.6 Å². The van der Waals surface area contributed by atoms with Gasteiger partial charge in [-0.05, 0) is 100 Å². The van der Waals surface area contributed by atoms with Gasteiger partial charge in [0.2, 0.25) is 0 Å². The molecule has 4 heteroatoms. The van der Waals surface area contributed by atoms with Gasteiger partial charge in [-0.2, -0.15) is 0 Å². The first-order chi connectivity index (χ1) is 30.8. The lowest BCUT2D eigenvalue weighted by atomic mass is 9.67. The van der Waals surface area contributed by atoms with Crippen molar-refractivity contribution in [1.29, 1.82) is 0 Å². The normalized spacial score (nSPS) is 15.1. The summed E-state index contributed by atoms with van der Waals surface area (Å²) in [5.74, 6) is 2.52. The van der Waals surface area contributed by atoms with E-state index in [0.29, 0.717) is 11.6 Å². The fraction of sp³-hybridized carbons (Fsp3) is 0.0862. The van der Waals surface area contributed by atoms with E-state index in [0.717, 1.165) is 52.9 Å². The van der Waals surface area contributed by atoms with Crippen molar-refractivity contribution in [1.82, 2.24) is 19.5 Å². The van der Waals surface area contributed by atoms with Gasteiger partial charge in [0, 0.05) is 27.8 Å². The van der Waals surface area contributed by atoms with Crippen LogP contribution in [0.1, 0.15) is 53.3 Å². The number of para-hydroxylation sites is 2. The maximum absolute atomic E-state index is 5.26. The zero-order chi connectivity index (χ0) is 41.0. The highest BCUT2D eigenvalue weighted by molar-refractivity contribution is 6.11. The first-order valence-corrected chi connectivity index (χ1v) is 21.7. The van der Waals surface area contributed by atoms with Crippen molar-refractivity contribution in [2.45, 2.75) is 30.6 Å². The molecule has 0 radical (unpaired) electrons. The second-order valence-corrected chi connectivity index (χ2v) is 16.6. The van der Waals surface area contributed by atoms with Crippen LogP contribution in [0.25, 0.3) is 72.5 Å². The second-order valence-electron chi connectivity index (χ2n) is 16.6. The lowest BCUT2D eigenvalue weighted by molar-refractivity contribution is 0.581. The summed E-state index contributed by atoms with van der Waals surface area (Å²) < 4.78 is 2.39. The molecule has 2 aromatic heterocycles. The number of fused-ring (bicyclic) bond motifs is 6. The molecule has 62 heavy (non-hydrogen) atoms. The summed E-state index contributed by atoms with van der Waals surface area (Å²) in [6.45, 7) is 0. The average molecular weight is 795 g/mol. The maximum Gasteiger partial charge on any atom is 0.165 e. The van der Waals surface area contributed by atoms with Crippen molar-refractivity contribution in [3.63, 3.8) is 0 Å². The van der Waals surface area contributed by atoms with Crippen molar-refractivity contribution in [3.8, 4) is 50.7 Å². The van der Waals surface area contributed by atoms with Gasteiger partial charge in [-0.3, -0.25) is 0 Å². The molecular formula is C58H42N4. The molecule has 1 atom stereocenters. The molecule has 0 saturated carbocycles. The number of rotatable bonds is 7. The van der Waals surface area contributed by atoms with E-state index >= 15 is 0 Å². The van der Waals surface area contributed by atoms with Crippen LogP contribution in [0.3, 0.4) is 0 Å². The third kappa shape index (κ3) is 5.71. The Morgan fingerprint density at radius 2 is 1.05 bits per heavy atom. The van der Waals surface area contributed by atoms with Crippen LogP contribution in [0.4, 0.5) is 0 Å². The fourth-order valence-electron chi connectivity index (χ4n) is 10.4. The molecule has 2 heterocycles. The summed E-state index contributed by atoms with van der Waals surface area (Å²) in [7, 11) is 0. The van der Waals surface area contributed by atoms with Gasteiger partial charge in [0.1, 0.15) is 5.82 Å². The molecule has 0 bridgehead atoms. The van der Waals surface area contributed by atoms with Gasteiger partial charge in [-0.1, -0.05) is 176 Å². The molecule has 1 unspecified atom stereocenters. The predicted molar refractivity (Wildman–Crippen MR) is 254 cm³/mol. The van der Waals surface area contributed by atoms with Crippen molar-refractivity contribution in [2.75, 3.05) is 0 Å². The van der Waals surface area contributed by atoms with E-state index in [9.17, 15) is 0 Å². The van der Waals surface area contributed by atoms with Gasteiger partial charge in [-0.15, -0.1) is 0 Å². The minimum atomic E-state index is -0.461. The topological polar surface area (TPSA) is 43.6 Å². The highest BCUT2D eigenvalue weighted by Crippen LogP contribution is 2.56. The number of hydrogen-bond acceptors (Lipinski definition) is 3. The lowest BCUT2D eigenvalue weighted by Gasteiger charge is -2.34. The molecule has 10 aromatic rings. The van der Waals surface area contributed by atoms with Crippen LogP contribution >= 0.6 is 0 Å². The van der Waals surface area contributed by atoms with Gasteiger partial charge >= 0.3 is 0 Å². The molecule has 0 spiro atoms. The maximum atomic E-state index is 5.26. The van der Waals surface area contributed by atoms with Gasteiger partial charge in [0.25, 0.3) is 0 Å². The molecule has 12 rings (SSSR count). The predicted octanol–water partition coefficient (Wildman–Crippen LogP) is 14.2. The number of allylic oxidation sites excluding steroid dienone is 2. The Bertz CT molecular complexity index is 3300. The van der Waals surface area contributed by atoms with Crippen LogP contribution < -0.4 is 0 Å². The number of aromatic nitrogens is 4. The van der Waals surface area contributed by atoms with E-state index in [2.05, 4.69) is 199 Å². The molecule has 0 N–H and O–H groups in total. The number of benzene rings is 8. The third-order valence-corrected chi connectivity index (χ3v) is 13.2. The van der Waals surface area contributed by atoms with Crippen LogP contribution in [0, 0.1) is 0 Å².